The molecule has 0 radical (unpaired) electrons. The number of nitrogens with one attached hydrogen (secondary N) is 1. The van der Waals surface area contributed by atoms with Crippen LogP contribution in [-0.2, 0) is 0 Å². The standard InChI is InChI=1S/C16H16ClNO2/c1-10(18-2)11-6-7-15(17)14(9-11)12-4-3-5-13(8-12)16(19)20/h3-10,18H,1-2H3,(H,19,20). The van der Waals surface area contributed by atoms with Crippen LogP contribution < -0.4 is 5.32 Å². The van der Waals surface area contributed by atoms with Gasteiger partial charge >= 0.3 is 5.97 Å². The van der Waals surface area contributed by atoms with E-state index in [1.807, 2.05) is 31.3 Å². The van der Waals surface area contributed by atoms with Crippen LogP contribution in [0.4, 0.5) is 0 Å². The van der Waals surface area contributed by atoms with Gasteiger partial charge in [0.1, 0.15) is 0 Å². The Morgan fingerprint density at radius 1 is 1.25 bits per heavy atom. The first-order valence-corrected chi connectivity index (χ1v) is 6.71. The summed E-state index contributed by atoms with van der Waals surface area (Å²) in [4.78, 5) is 11.0. The summed E-state index contributed by atoms with van der Waals surface area (Å²) in [6.07, 6.45) is 0. The molecule has 3 nitrogen and oxygen atoms in total. The first-order valence-electron chi connectivity index (χ1n) is 6.33. The maximum absolute atomic E-state index is 11.0. The number of rotatable bonds is 4. The van der Waals surface area contributed by atoms with Crippen LogP contribution in [-0.4, -0.2) is 18.1 Å². The van der Waals surface area contributed by atoms with E-state index in [-0.39, 0.29) is 11.6 Å². The normalized spacial score (nSPS) is 12.2. The van der Waals surface area contributed by atoms with Crippen LogP contribution in [0.15, 0.2) is 42.5 Å². The zero-order valence-electron chi connectivity index (χ0n) is 11.4. The number of carboxylic acids is 1. The predicted molar refractivity (Wildman–Crippen MR) is 81.3 cm³/mol. The highest BCUT2D eigenvalue weighted by molar-refractivity contribution is 6.33. The van der Waals surface area contributed by atoms with Crippen molar-refractivity contribution >= 4 is 17.6 Å². The number of halogens is 1. The smallest absolute Gasteiger partial charge is 0.335 e. The Bertz CT molecular complexity index is 640. The van der Waals surface area contributed by atoms with Crippen LogP contribution in [0, 0.1) is 0 Å². The monoisotopic (exact) mass is 289 g/mol. The van der Waals surface area contributed by atoms with Gasteiger partial charge in [-0.15, -0.1) is 0 Å². The number of benzene rings is 2. The molecule has 0 saturated carbocycles. The van der Waals surface area contributed by atoms with E-state index >= 15 is 0 Å². The maximum atomic E-state index is 11.0. The molecule has 104 valence electrons. The summed E-state index contributed by atoms with van der Waals surface area (Å²) in [6.45, 7) is 2.06. The van der Waals surface area contributed by atoms with Crippen molar-refractivity contribution in [2.75, 3.05) is 7.05 Å². The lowest BCUT2D eigenvalue weighted by molar-refractivity contribution is 0.0697. The van der Waals surface area contributed by atoms with Crippen LogP contribution >= 0.6 is 11.6 Å². The molecule has 4 heteroatoms. The number of aromatic carboxylic acids is 1. The first kappa shape index (κ1) is 14.6. The van der Waals surface area contributed by atoms with Gasteiger partial charge in [-0.05, 0) is 49.4 Å². The molecule has 0 amide bonds. The van der Waals surface area contributed by atoms with Crippen molar-refractivity contribution in [2.24, 2.45) is 0 Å². The molecule has 0 aliphatic heterocycles. The third-order valence-electron chi connectivity index (χ3n) is 3.34. The molecular weight excluding hydrogens is 274 g/mol. The second kappa shape index (κ2) is 6.07. The van der Waals surface area contributed by atoms with E-state index in [1.165, 1.54) is 0 Å². The molecule has 2 N–H and O–H groups in total. The fraction of sp³-hybridized carbons (Fsp3) is 0.188. The minimum absolute atomic E-state index is 0.202. The molecule has 0 bridgehead atoms. The molecule has 0 saturated heterocycles. The number of carboxylic acid groups (broad SMARTS) is 1. The van der Waals surface area contributed by atoms with Gasteiger partial charge in [-0.25, -0.2) is 4.79 Å². The summed E-state index contributed by atoms with van der Waals surface area (Å²) in [5.74, 6) is -0.942. The summed E-state index contributed by atoms with van der Waals surface area (Å²) in [6, 6.07) is 12.8. The molecule has 1 unspecified atom stereocenters. The lowest BCUT2D eigenvalue weighted by atomic mass is 9.98. The Balaban J connectivity index is 2.51. The second-order valence-corrected chi connectivity index (χ2v) is 5.04. The van der Waals surface area contributed by atoms with E-state index in [9.17, 15) is 4.79 Å². The Morgan fingerprint density at radius 3 is 2.65 bits per heavy atom. The summed E-state index contributed by atoms with van der Waals surface area (Å²) < 4.78 is 0. The van der Waals surface area contributed by atoms with Crippen LogP contribution in [0.25, 0.3) is 11.1 Å². The largest absolute Gasteiger partial charge is 0.478 e. The number of hydrogen-bond donors (Lipinski definition) is 2. The molecule has 0 heterocycles. The highest BCUT2D eigenvalue weighted by Crippen LogP contribution is 2.31. The molecule has 1 atom stereocenters. The summed E-state index contributed by atoms with van der Waals surface area (Å²) in [5.41, 5.74) is 3.01. The van der Waals surface area contributed by atoms with Crippen molar-refractivity contribution < 1.29 is 9.90 Å². The van der Waals surface area contributed by atoms with Crippen molar-refractivity contribution in [3.63, 3.8) is 0 Å². The maximum Gasteiger partial charge on any atom is 0.335 e. The molecule has 0 spiro atoms. The molecule has 0 fully saturated rings. The predicted octanol–water partition coefficient (Wildman–Crippen LogP) is 3.99. The van der Waals surface area contributed by atoms with Gasteiger partial charge in [0.15, 0.2) is 0 Å². The zero-order valence-corrected chi connectivity index (χ0v) is 12.1. The minimum Gasteiger partial charge on any atom is -0.478 e. The van der Waals surface area contributed by atoms with Gasteiger partial charge < -0.3 is 10.4 Å². The quantitative estimate of drug-likeness (QED) is 0.895. The zero-order chi connectivity index (χ0) is 14.7. The minimum atomic E-state index is -0.942. The van der Waals surface area contributed by atoms with Crippen molar-refractivity contribution in [3.8, 4) is 11.1 Å². The van der Waals surface area contributed by atoms with Crippen molar-refractivity contribution in [2.45, 2.75) is 13.0 Å². The molecule has 0 aliphatic carbocycles. The van der Waals surface area contributed by atoms with Gasteiger partial charge in [-0.2, -0.15) is 0 Å². The molecular formula is C16H16ClNO2. The van der Waals surface area contributed by atoms with Gasteiger partial charge in [0.2, 0.25) is 0 Å². The fourth-order valence-electron chi connectivity index (χ4n) is 2.02. The van der Waals surface area contributed by atoms with Crippen LogP contribution in [0.3, 0.4) is 0 Å². The van der Waals surface area contributed by atoms with E-state index in [0.29, 0.717) is 5.02 Å². The topological polar surface area (TPSA) is 49.3 Å². The molecule has 0 aliphatic rings. The van der Waals surface area contributed by atoms with Crippen LogP contribution in [0.5, 0.6) is 0 Å². The van der Waals surface area contributed by atoms with E-state index in [4.69, 9.17) is 16.7 Å². The van der Waals surface area contributed by atoms with E-state index in [0.717, 1.165) is 16.7 Å². The van der Waals surface area contributed by atoms with Gasteiger partial charge in [0.25, 0.3) is 0 Å². The van der Waals surface area contributed by atoms with Gasteiger partial charge in [-0.1, -0.05) is 29.8 Å². The average Bonchev–Trinajstić information content (AvgIpc) is 2.47. The molecule has 20 heavy (non-hydrogen) atoms. The summed E-state index contributed by atoms with van der Waals surface area (Å²) >= 11 is 6.24. The van der Waals surface area contributed by atoms with Gasteiger partial charge in [-0.3, -0.25) is 0 Å². The highest BCUT2D eigenvalue weighted by atomic mass is 35.5. The summed E-state index contributed by atoms with van der Waals surface area (Å²) in [5, 5.41) is 12.8. The Morgan fingerprint density at radius 2 is 2.00 bits per heavy atom. The van der Waals surface area contributed by atoms with E-state index in [2.05, 4.69) is 12.2 Å². The van der Waals surface area contributed by atoms with Gasteiger partial charge in [0, 0.05) is 16.6 Å². The molecule has 2 aromatic rings. The van der Waals surface area contributed by atoms with Crippen molar-refractivity contribution in [1.29, 1.82) is 0 Å². The van der Waals surface area contributed by atoms with Crippen LogP contribution in [0.2, 0.25) is 5.02 Å². The average molecular weight is 290 g/mol. The lowest BCUT2D eigenvalue weighted by Crippen LogP contribution is -2.12. The Hall–Kier alpha value is -1.84. The van der Waals surface area contributed by atoms with E-state index < -0.39 is 5.97 Å². The third kappa shape index (κ3) is 3.00. The van der Waals surface area contributed by atoms with Gasteiger partial charge in [0.05, 0.1) is 5.56 Å². The number of carbonyl (C=O) groups is 1. The molecule has 2 aromatic carbocycles. The SMILES string of the molecule is CNC(C)c1ccc(Cl)c(-c2cccc(C(=O)O)c2)c1. The fourth-order valence-corrected chi connectivity index (χ4v) is 2.25. The first-order chi connectivity index (χ1) is 9.52. The van der Waals surface area contributed by atoms with Crippen molar-refractivity contribution in [1.82, 2.24) is 5.32 Å². The Labute approximate surface area is 123 Å². The summed E-state index contributed by atoms with van der Waals surface area (Å²) in [7, 11) is 1.89. The van der Waals surface area contributed by atoms with Crippen molar-refractivity contribution in [3.05, 3.63) is 58.6 Å². The highest BCUT2D eigenvalue weighted by Gasteiger charge is 2.10. The molecule has 0 aromatic heterocycles. The number of hydrogen-bond acceptors (Lipinski definition) is 2. The lowest BCUT2D eigenvalue weighted by Gasteiger charge is -2.13. The van der Waals surface area contributed by atoms with E-state index in [1.54, 1.807) is 18.2 Å². The second-order valence-electron chi connectivity index (χ2n) is 4.64. The molecule has 2 rings (SSSR count). The van der Waals surface area contributed by atoms with Crippen LogP contribution in [0.1, 0.15) is 28.9 Å². The third-order valence-corrected chi connectivity index (χ3v) is 3.67. The Kier molecular flexibility index (Phi) is 4.42.